The second kappa shape index (κ2) is 7.08. The maximum absolute atomic E-state index is 13.9. The van der Waals surface area contributed by atoms with Gasteiger partial charge in [0, 0.05) is 25.7 Å². The van der Waals surface area contributed by atoms with Crippen molar-refractivity contribution in [3.05, 3.63) is 65.2 Å². The van der Waals surface area contributed by atoms with Gasteiger partial charge in [-0.25, -0.2) is 9.37 Å². The number of halogens is 4. The number of aromatic nitrogens is 2. The largest absolute Gasteiger partial charge is 0.416 e. The van der Waals surface area contributed by atoms with Crippen LogP contribution in [0.25, 0.3) is 11.0 Å². The van der Waals surface area contributed by atoms with Crippen LogP contribution in [0.1, 0.15) is 48.3 Å². The summed E-state index contributed by atoms with van der Waals surface area (Å²) in [6.45, 7) is 0.348. The predicted octanol–water partition coefficient (Wildman–Crippen LogP) is 5.64. The van der Waals surface area contributed by atoms with Gasteiger partial charge in [-0.1, -0.05) is 6.07 Å². The van der Waals surface area contributed by atoms with E-state index in [1.165, 1.54) is 11.6 Å². The van der Waals surface area contributed by atoms with Gasteiger partial charge in [-0.2, -0.15) is 13.2 Å². The molecule has 0 spiro atoms. The Bertz CT molecular complexity index is 1090. The van der Waals surface area contributed by atoms with E-state index >= 15 is 0 Å². The van der Waals surface area contributed by atoms with Crippen molar-refractivity contribution in [2.75, 3.05) is 0 Å². The monoisotopic (exact) mass is 417 g/mol. The molecule has 0 amide bonds. The van der Waals surface area contributed by atoms with Gasteiger partial charge in [0.1, 0.15) is 5.82 Å². The van der Waals surface area contributed by atoms with Crippen molar-refractivity contribution in [3.8, 4) is 0 Å². The smallest absolute Gasteiger partial charge is 0.334 e. The third kappa shape index (κ3) is 3.39. The van der Waals surface area contributed by atoms with Crippen molar-refractivity contribution in [2.45, 2.75) is 56.4 Å². The van der Waals surface area contributed by atoms with Crippen molar-refractivity contribution >= 4 is 11.0 Å². The summed E-state index contributed by atoms with van der Waals surface area (Å²) in [4.78, 5) is 6.69. The van der Waals surface area contributed by atoms with Gasteiger partial charge in [-0.3, -0.25) is 4.90 Å². The first kappa shape index (κ1) is 19.5. The van der Waals surface area contributed by atoms with Gasteiger partial charge < -0.3 is 4.57 Å². The highest BCUT2D eigenvalue weighted by Crippen LogP contribution is 2.45. The predicted molar refractivity (Wildman–Crippen MR) is 106 cm³/mol. The number of piperidine rings is 1. The highest BCUT2D eigenvalue weighted by atomic mass is 19.4. The molecule has 3 heterocycles. The van der Waals surface area contributed by atoms with Gasteiger partial charge in [0.25, 0.3) is 0 Å². The van der Waals surface area contributed by atoms with E-state index < -0.39 is 17.6 Å². The highest BCUT2D eigenvalue weighted by molar-refractivity contribution is 5.76. The van der Waals surface area contributed by atoms with Crippen LogP contribution in [0.3, 0.4) is 0 Å². The molecule has 5 rings (SSSR count). The number of nitrogens with zero attached hydrogens (tertiary/aromatic N) is 3. The summed E-state index contributed by atoms with van der Waals surface area (Å²) < 4.78 is 55.3. The Morgan fingerprint density at radius 2 is 1.83 bits per heavy atom. The molecule has 30 heavy (non-hydrogen) atoms. The Morgan fingerprint density at radius 3 is 2.63 bits per heavy atom. The summed E-state index contributed by atoms with van der Waals surface area (Å²) >= 11 is 0. The lowest BCUT2D eigenvalue weighted by atomic mass is 9.84. The minimum Gasteiger partial charge on any atom is -0.334 e. The van der Waals surface area contributed by atoms with Crippen LogP contribution in [0.5, 0.6) is 0 Å². The molecule has 2 saturated heterocycles. The van der Waals surface area contributed by atoms with Crippen molar-refractivity contribution in [3.63, 3.8) is 0 Å². The zero-order chi connectivity index (χ0) is 21.0. The Hall–Kier alpha value is -2.41. The molecule has 2 aliphatic heterocycles. The number of hydrogen-bond donors (Lipinski definition) is 0. The van der Waals surface area contributed by atoms with Gasteiger partial charge in [-0.15, -0.1) is 0 Å². The number of hydrogen-bond acceptors (Lipinski definition) is 2. The third-order valence-corrected chi connectivity index (χ3v) is 6.79. The quantitative estimate of drug-likeness (QED) is 0.514. The molecule has 7 heteroatoms. The molecule has 0 radical (unpaired) electrons. The third-order valence-electron chi connectivity index (χ3n) is 6.79. The van der Waals surface area contributed by atoms with Crippen molar-refractivity contribution in [1.82, 2.24) is 14.5 Å². The van der Waals surface area contributed by atoms with Crippen LogP contribution >= 0.6 is 0 Å². The zero-order valence-electron chi connectivity index (χ0n) is 16.7. The molecule has 2 fully saturated rings. The second-order valence-corrected chi connectivity index (χ2v) is 8.60. The van der Waals surface area contributed by atoms with E-state index in [1.54, 1.807) is 6.33 Å². The average Bonchev–Trinajstić information content (AvgIpc) is 3.17. The summed E-state index contributed by atoms with van der Waals surface area (Å²) in [7, 11) is 1.97. The molecule has 0 N–H and O–H groups in total. The summed E-state index contributed by atoms with van der Waals surface area (Å²) in [6, 6.07) is 9.86. The minimum absolute atomic E-state index is 0.257. The number of benzene rings is 2. The highest BCUT2D eigenvalue weighted by Gasteiger charge is 2.43. The molecule has 2 bridgehead atoms. The van der Waals surface area contributed by atoms with Crippen LogP contribution in [-0.4, -0.2) is 26.5 Å². The molecule has 2 aromatic carbocycles. The molecule has 3 nitrogen and oxygen atoms in total. The summed E-state index contributed by atoms with van der Waals surface area (Å²) in [5.41, 5.74) is 2.76. The summed E-state index contributed by atoms with van der Waals surface area (Å²) in [5.74, 6) is -0.513. The van der Waals surface area contributed by atoms with Gasteiger partial charge in [0.2, 0.25) is 0 Å². The fourth-order valence-corrected chi connectivity index (χ4v) is 5.40. The maximum atomic E-state index is 13.9. The second-order valence-electron chi connectivity index (χ2n) is 8.60. The van der Waals surface area contributed by atoms with Crippen LogP contribution in [0.4, 0.5) is 17.6 Å². The Kier molecular flexibility index (Phi) is 4.61. The molecule has 0 saturated carbocycles. The van der Waals surface area contributed by atoms with Crippen LogP contribution in [-0.2, 0) is 19.8 Å². The number of fused-ring (bicyclic) bond motifs is 3. The first-order valence-electron chi connectivity index (χ1n) is 10.3. The first-order valence-corrected chi connectivity index (χ1v) is 10.3. The molecule has 0 unspecified atom stereocenters. The van der Waals surface area contributed by atoms with Gasteiger partial charge in [-0.05, 0) is 73.1 Å². The lowest BCUT2D eigenvalue weighted by Gasteiger charge is -2.40. The van der Waals surface area contributed by atoms with Gasteiger partial charge >= 0.3 is 6.18 Å². The molecular formula is C23H23F4N3. The average molecular weight is 417 g/mol. The molecule has 3 atom stereocenters. The molecule has 3 aromatic rings. The standard InChI is InChI=1S/C23H23F4N3/c1-29-13-28-20-6-2-15(10-22(20)29)19-5-3-18-4-7-21(19)30(18)12-14-8-16(23(25,26)27)11-17(24)9-14/h2,6,8-11,13,18-19,21H,3-5,7,12H2,1H3/t18-,19-,21-/m0/s1. The van der Waals surface area contributed by atoms with Crippen LogP contribution in [0, 0.1) is 5.82 Å². The van der Waals surface area contributed by atoms with Crippen LogP contribution in [0.2, 0.25) is 0 Å². The summed E-state index contributed by atoms with van der Waals surface area (Å²) in [5, 5.41) is 0. The Morgan fingerprint density at radius 1 is 1.03 bits per heavy atom. The normalized spacial score (nSPS) is 24.6. The van der Waals surface area contributed by atoms with Crippen molar-refractivity contribution in [1.29, 1.82) is 0 Å². The maximum Gasteiger partial charge on any atom is 0.416 e. The van der Waals surface area contributed by atoms with Crippen molar-refractivity contribution in [2.24, 2.45) is 7.05 Å². The van der Waals surface area contributed by atoms with Gasteiger partial charge in [0.15, 0.2) is 0 Å². The van der Waals surface area contributed by atoms with E-state index in [2.05, 4.69) is 22.0 Å². The number of aryl methyl sites for hydroxylation is 1. The van der Waals surface area contributed by atoms with E-state index in [1.807, 2.05) is 17.7 Å². The molecule has 0 aliphatic carbocycles. The number of alkyl halides is 3. The van der Waals surface area contributed by atoms with E-state index in [0.29, 0.717) is 30.1 Å². The van der Waals surface area contributed by atoms with E-state index in [4.69, 9.17) is 0 Å². The van der Waals surface area contributed by atoms with Crippen LogP contribution < -0.4 is 0 Å². The number of rotatable bonds is 3. The van der Waals surface area contributed by atoms with E-state index in [9.17, 15) is 17.6 Å². The zero-order valence-corrected chi connectivity index (χ0v) is 16.7. The van der Waals surface area contributed by atoms with Gasteiger partial charge in [0.05, 0.1) is 22.9 Å². The fraction of sp³-hybridized carbons (Fsp3) is 0.435. The van der Waals surface area contributed by atoms with Crippen molar-refractivity contribution < 1.29 is 17.6 Å². The minimum atomic E-state index is -4.54. The first-order chi connectivity index (χ1) is 14.3. The summed E-state index contributed by atoms with van der Waals surface area (Å²) in [6.07, 6.45) is 1.38. The molecule has 1 aromatic heterocycles. The lowest BCUT2D eigenvalue weighted by Crippen LogP contribution is -2.43. The van der Waals surface area contributed by atoms with E-state index in [-0.39, 0.29) is 6.04 Å². The number of imidazole rings is 1. The van der Waals surface area contributed by atoms with Crippen LogP contribution in [0.15, 0.2) is 42.7 Å². The Balaban J connectivity index is 1.44. The topological polar surface area (TPSA) is 21.1 Å². The van der Waals surface area contributed by atoms with E-state index in [0.717, 1.165) is 42.8 Å². The molecule has 158 valence electrons. The Labute approximate surface area is 172 Å². The fourth-order valence-electron chi connectivity index (χ4n) is 5.40. The SMILES string of the molecule is Cn1cnc2ccc([C@@H]3CC[C@H]4CC[C@@H]3N4Cc3cc(F)cc(C(F)(F)F)c3)cc21. The molecule has 2 aliphatic rings. The lowest BCUT2D eigenvalue weighted by molar-refractivity contribution is -0.137. The molecular weight excluding hydrogens is 394 g/mol.